The van der Waals surface area contributed by atoms with Crippen molar-refractivity contribution < 1.29 is 4.79 Å². The molecule has 1 aromatic heterocycles. The smallest absolute Gasteiger partial charge is 0.251 e. The summed E-state index contributed by atoms with van der Waals surface area (Å²) in [4.78, 5) is 15.7. The number of pyridine rings is 1. The molecule has 3 nitrogen and oxygen atoms in total. The van der Waals surface area contributed by atoms with Crippen LogP contribution in [0.5, 0.6) is 0 Å². The maximum atomic E-state index is 11.8. The Labute approximate surface area is 113 Å². The summed E-state index contributed by atoms with van der Waals surface area (Å²) >= 11 is 5.75. The average molecular weight is 267 g/mol. The number of amides is 1. The molecule has 0 atom stereocenters. The van der Waals surface area contributed by atoms with Gasteiger partial charge in [0.2, 0.25) is 0 Å². The van der Waals surface area contributed by atoms with E-state index >= 15 is 0 Å². The number of aromatic nitrogens is 1. The molecule has 1 aliphatic rings. The van der Waals surface area contributed by atoms with Crippen LogP contribution in [0, 0.1) is 5.92 Å². The Balaban J connectivity index is 1.68. The zero-order chi connectivity index (χ0) is 12.8. The largest absolute Gasteiger partial charge is 0.352 e. The van der Waals surface area contributed by atoms with E-state index in [4.69, 9.17) is 11.6 Å². The van der Waals surface area contributed by atoms with Gasteiger partial charge in [-0.15, -0.1) is 0 Å². The minimum absolute atomic E-state index is 0.0641. The van der Waals surface area contributed by atoms with Crippen LogP contribution in [-0.4, -0.2) is 17.4 Å². The minimum Gasteiger partial charge on any atom is -0.352 e. The quantitative estimate of drug-likeness (QED) is 0.655. The molecule has 4 heteroatoms. The van der Waals surface area contributed by atoms with Gasteiger partial charge in [-0.3, -0.25) is 4.79 Å². The van der Waals surface area contributed by atoms with Crippen molar-refractivity contribution in [2.75, 3.05) is 6.54 Å². The number of hydrogen-bond donors (Lipinski definition) is 1. The van der Waals surface area contributed by atoms with Crippen molar-refractivity contribution in [2.24, 2.45) is 5.92 Å². The molecule has 1 aliphatic carbocycles. The van der Waals surface area contributed by atoms with Gasteiger partial charge in [0.05, 0.1) is 0 Å². The Bertz CT molecular complexity index is 403. The van der Waals surface area contributed by atoms with Crippen molar-refractivity contribution >= 4 is 17.5 Å². The van der Waals surface area contributed by atoms with Crippen molar-refractivity contribution in [3.05, 3.63) is 29.0 Å². The zero-order valence-electron chi connectivity index (χ0n) is 10.5. The monoisotopic (exact) mass is 266 g/mol. The van der Waals surface area contributed by atoms with Crippen molar-refractivity contribution in [3.63, 3.8) is 0 Å². The lowest BCUT2D eigenvalue weighted by atomic mass is 10.0. The Morgan fingerprint density at radius 3 is 2.94 bits per heavy atom. The molecule has 1 aromatic rings. The molecule has 1 fully saturated rings. The summed E-state index contributed by atoms with van der Waals surface area (Å²) in [6.45, 7) is 0.745. The van der Waals surface area contributed by atoms with E-state index < -0.39 is 0 Å². The van der Waals surface area contributed by atoms with E-state index in [1.165, 1.54) is 32.1 Å². The number of rotatable bonds is 5. The van der Waals surface area contributed by atoms with Crippen LogP contribution >= 0.6 is 11.6 Å². The van der Waals surface area contributed by atoms with Gasteiger partial charge >= 0.3 is 0 Å². The van der Waals surface area contributed by atoms with Crippen molar-refractivity contribution in [1.82, 2.24) is 10.3 Å². The van der Waals surface area contributed by atoms with Crippen molar-refractivity contribution in [2.45, 2.75) is 38.5 Å². The first-order chi connectivity index (χ1) is 8.75. The van der Waals surface area contributed by atoms with Gasteiger partial charge < -0.3 is 5.32 Å². The molecule has 1 N–H and O–H groups in total. The number of carbonyl (C=O) groups is 1. The van der Waals surface area contributed by atoms with Crippen LogP contribution in [0.25, 0.3) is 0 Å². The summed E-state index contributed by atoms with van der Waals surface area (Å²) in [5.74, 6) is 0.822. The summed E-state index contributed by atoms with van der Waals surface area (Å²) in [6.07, 6.45) is 9.35. The van der Waals surface area contributed by atoms with Gasteiger partial charge in [0.1, 0.15) is 5.15 Å². The maximum Gasteiger partial charge on any atom is 0.251 e. The Kier molecular flexibility index (Phi) is 5.00. The molecule has 1 saturated carbocycles. The first-order valence-corrected chi connectivity index (χ1v) is 7.03. The molecular weight excluding hydrogens is 248 g/mol. The van der Waals surface area contributed by atoms with Gasteiger partial charge in [0, 0.05) is 18.3 Å². The number of halogens is 1. The highest BCUT2D eigenvalue weighted by atomic mass is 35.5. The van der Waals surface area contributed by atoms with Crippen LogP contribution < -0.4 is 5.32 Å². The first kappa shape index (κ1) is 13.3. The molecule has 0 saturated heterocycles. The van der Waals surface area contributed by atoms with Crippen LogP contribution in [0.3, 0.4) is 0 Å². The van der Waals surface area contributed by atoms with Crippen LogP contribution in [0.4, 0.5) is 0 Å². The highest BCUT2D eigenvalue weighted by molar-refractivity contribution is 6.29. The first-order valence-electron chi connectivity index (χ1n) is 6.65. The summed E-state index contributed by atoms with van der Waals surface area (Å²) in [5, 5.41) is 3.28. The lowest BCUT2D eigenvalue weighted by Crippen LogP contribution is -2.24. The normalized spacial score (nSPS) is 15.8. The third-order valence-corrected chi connectivity index (χ3v) is 3.74. The lowest BCUT2D eigenvalue weighted by Gasteiger charge is -2.09. The highest BCUT2D eigenvalue weighted by Gasteiger charge is 2.14. The predicted octanol–water partition coefficient (Wildman–Crippen LogP) is 3.44. The fourth-order valence-electron chi connectivity index (χ4n) is 2.54. The maximum absolute atomic E-state index is 11.8. The summed E-state index contributed by atoms with van der Waals surface area (Å²) in [5.41, 5.74) is 0.580. The topological polar surface area (TPSA) is 42.0 Å². The van der Waals surface area contributed by atoms with E-state index in [9.17, 15) is 4.79 Å². The zero-order valence-corrected chi connectivity index (χ0v) is 11.2. The molecule has 0 unspecified atom stereocenters. The van der Waals surface area contributed by atoms with Crippen LogP contribution in [0.1, 0.15) is 48.9 Å². The van der Waals surface area contributed by atoms with Gasteiger partial charge in [-0.05, 0) is 30.9 Å². The van der Waals surface area contributed by atoms with Gasteiger partial charge in [-0.25, -0.2) is 4.98 Å². The van der Waals surface area contributed by atoms with Crippen LogP contribution in [0.2, 0.25) is 5.15 Å². The summed E-state index contributed by atoms with van der Waals surface area (Å²) in [6, 6.07) is 3.27. The molecule has 1 amide bonds. The molecule has 0 aliphatic heterocycles. The minimum atomic E-state index is -0.0641. The van der Waals surface area contributed by atoms with Gasteiger partial charge in [-0.1, -0.05) is 37.3 Å². The highest BCUT2D eigenvalue weighted by Crippen LogP contribution is 2.28. The Morgan fingerprint density at radius 2 is 2.22 bits per heavy atom. The standard InChI is InChI=1S/C14H19ClN2O/c15-13-10-12(7-9-16-13)14(18)17-8-3-6-11-4-1-2-5-11/h7,9-11H,1-6,8H2,(H,17,18). The number of carbonyl (C=O) groups excluding carboxylic acids is 1. The molecule has 0 spiro atoms. The number of nitrogens with one attached hydrogen (secondary N) is 1. The fourth-order valence-corrected chi connectivity index (χ4v) is 2.71. The third kappa shape index (κ3) is 3.98. The lowest BCUT2D eigenvalue weighted by molar-refractivity contribution is 0.0952. The van der Waals surface area contributed by atoms with Gasteiger partial charge in [0.15, 0.2) is 0 Å². The molecule has 1 heterocycles. The average Bonchev–Trinajstić information content (AvgIpc) is 2.87. The van der Waals surface area contributed by atoms with Crippen LogP contribution in [-0.2, 0) is 0 Å². The number of nitrogens with zero attached hydrogens (tertiary/aromatic N) is 1. The van der Waals surface area contributed by atoms with E-state index in [-0.39, 0.29) is 5.91 Å². The number of hydrogen-bond acceptors (Lipinski definition) is 2. The van der Waals surface area contributed by atoms with Gasteiger partial charge in [0.25, 0.3) is 5.91 Å². The van der Waals surface area contributed by atoms with E-state index in [1.807, 2.05) is 0 Å². The molecule has 0 aromatic carbocycles. The Morgan fingerprint density at radius 1 is 1.44 bits per heavy atom. The summed E-state index contributed by atoms with van der Waals surface area (Å²) in [7, 11) is 0. The predicted molar refractivity (Wildman–Crippen MR) is 72.8 cm³/mol. The molecule has 0 bridgehead atoms. The fraction of sp³-hybridized carbons (Fsp3) is 0.571. The molecule has 98 valence electrons. The SMILES string of the molecule is O=C(NCCCC1CCCC1)c1ccnc(Cl)c1. The van der Waals surface area contributed by atoms with E-state index in [2.05, 4.69) is 10.3 Å². The van der Waals surface area contributed by atoms with Crippen LogP contribution in [0.15, 0.2) is 18.3 Å². The Hall–Kier alpha value is -1.09. The van der Waals surface area contributed by atoms with E-state index in [0.717, 1.165) is 18.9 Å². The van der Waals surface area contributed by atoms with Gasteiger partial charge in [-0.2, -0.15) is 0 Å². The summed E-state index contributed by atoms with van der Waals surface area (Å²) < 4.78 is 0. The molecule has 0 radical (unpaired) electrons. The molecular formula is C14H19ClN2O. The molecule has 2 rings (SSSR count). The van der Waals surface area contributed by atoms with E-state index in [0.29, 0.717) is 10.7 Å². The second kappa shape index (κ2) is 6.74. The van der Waals surface area contributed by atoms with Crippen molar-refractivity contribution in [1.29, 1.82) is 0 Å². The molecule has 18 heavy (non-hydrogen) atoms. The van der Waals surface area contributed by atoms with E-state index in [1.54, 1.807) is 18.3 Å². The third-order valence-electron chi connectivity index (χ3n) is 3.54. The second-order valence-electron chi connectivity index (χ2n) is 4.92. The van der Waals surface area contributed by atoms with Crippen molar-refractivity contribution in [3.8, 4) is 0 Å². The second-order valence-corrected chi connectivity index (χ2v) is 5.30.